The highest BCUT2D eigenvalue weighted by atomic mass is 35.5. The number of fused-ring (bicyclic) bond motifs is 2. The van der Waals surface area contributed by atoms with E-state index < -0.39 is 0 Å². The van der Waals surface area contributed by atoms with E-state index in [-0.39, 0.29) is 17.1 Å². The summed E-state index contributed by atoms with van der Waals surface area (Å²) in [6.45, 7) is 1.81. The molecule has 0 heterocycles. The summed E-state index contributed by atoms with van der Waals surface area (Å²) in [4.78, 5) is 24.9. The lowest BCUT2D eigenvalue weighted by atomic mass is 9.82. The van der Waals surface area contributed by atoms with Gasteiger partial charge in [-0.25, -0.2) is 0 Å². The molecule has 19 heavy (non-hydrogen) atoms. The Morgan fingerprint density at radius 2 is 1.58 bits per heavy atom. The summed E-state index contributed by atoms with van der Waals surface area (Å²) in [5, 5.41) is 0.292. The van der Waals surface area contributed by atoms with Crippen LogP contribution in [0.5, 0.6) is 0 Å². The van der Waals surface area contributed by atoms with Gasteiger partial charge in [-0.1, -0.05) is 29.8 Å². The third-order valence-corrected chi connectivity index (χ3v) is 3.74. The zero-order valence-corrected chi connectivity index (χ0v) is 10.9. The third-order valence-electron chi connectivity index (χ3n) is 3.42. The first-order valence-corrected chi connectivity index (χ1v) is 6.17. The van der Waals surface area contributed by atoms with E-state index in [4.69, 9.17) is 17.3 Å². The van der Waals surface area contributed by atoms with Crippen molar-refractivity contribution in [3.63, 3.8) is 0 Å². The quantitative estimate of drug-likeness (QED) is 0.640. The van der Waals surface area contributed by atoms with E-state index in [2.05, 4.69) is 0 Å². The Hall–Kier alpha value is -2.13. The zero-order valence-electron chi connectivity index (χ0n) is 10.2. The van der Waals surface area contributed by atoms with Crippen molar-refractivity contribution >= 4 is 28.9 Å². The van der Waals surface area contributed by atoms with Gasteiger partial charge in [0.25, 0.3) is 0 Å². The first kappa shape index (κ1) is 11.9. The van der Waals surface area contributed by atoms with Crippen LogP contribution in [0.3, 0.4) is 0 Å². The number of hydrogen-bond donors (Lipinski definition) is 1. The summed E-state index contributed by atoms with van der Waals surface area (Å²) in [7, 11) is 0. The predicted octanol–water partition coefficient (Wildman–Crippen LogP) is 3.01. The summed E-state index contributed by atoms with van der Waals surface area (Å²) >= 11 is 6.04. The molecular weight excluding hydrogens is 262 g/mol. The molecule has 0 unspecified atom stereocenters. The van der Waals surface area contributed by atoms with E-state index in [0.717, 1.165) is 5.56 Å². The zero-order chi connectivity index (χ0) is 13.7. The molecular formula is C15H10ClNO2. The van der Waals surface area contributed by atoms with E-state index in [1.54, 1.807) is 37.3 Å². The molecule has 0 saturated carbocycles. The summed E-state index contributed by atoms with van der Waals surface area (Å²) in [6.07, 6.45) is 0. The molecule has 0 spiro atoms. The van der Waals surface area contributed by atoms with Crippen LogP contribution in [0.25, 0.3) is 0 Å². The molecule has 0 saturated heterocycles. The van der Waals surface area contributed by atoms with Gasteiger partial charge >= 0.3 is 0 Å². The average molecular weight is 272 g/mol. The molecule has 0 aromatic heterocycles. The van der Waals surface area contributed by atoms with Crippen LogP contribution in [-0.4, -0.2) is 11.6 Å². The van der Waals surface area contributed by atoms with Crippen LogP contribution >= 0.6 is 11.6 Å². The smallest absolute Gasteiger partial charge is 0.196 e. The number of nitrogens with two attached hydrogens (primary N) is 1. The SMILES string of the molecule is Cc1ccc2c(c1N)C(=O)c1cccc(Cl)c1C2=O. The highest BCUT2D eigenvalue weighted by molar-refractivity contribution is 6.39. The molecule has 0 amide bonds. The fourth-order valence-electron chi connectivity index (χ4n) is 2.37. The number of halogens is 1. The van der Waals surface area contributed by atoms with Gasteiger partial charge < -0.3 is 5.73 Å². The van der Waals surface area contributed by atoms with Crippen molar-refractivity contribution in [2.24, 2.45) is 0 Å². The van der Waals surface area contributed by atoms with E-state index in [0.29, 0.717) is 27.4 Å². The lowest BCUT2D eigenvalue weighted by Gasteiger charge is -2.20. The predicted molar refractivity (Wildman–Crippen MR) is 73.9 cm³/mol. The van der Waals surface area contributed by atoms with Crippen LogP contribution < -0.4 is 5.73 Å². The topological polar surface area (TPSA) is 60.2 Å². The summed E-state index contributed by atoms with van der Waals surface area (Å²) in [5.41, 5.74) is 8.30. The highest BCUT2D eigenvalue weighted by Crippen LogP contribution is 2.35. The van der Waals surface area contributed by atoms with Crippen molar-refractivity contribution in [3.8, 4) is 0 Å². The van der Waals surface area contributed by atoms with Gasteiger partial charge in [0.1, 0.15) is 0 Å². The molecule has 2 aromatic rings. The molecule has 94 valence electrons. The normalized spacial score (nSPS) is 13.2. The van der Waals surface area contributed by atoms with Crippen molar-refractivity contribution in [2.75, 3.05) is 5.73 Å². The number of anilines is 1. The molecule has 0 bridgehead atoms. The number of hydrogen-bond acceptors (Lipinski definition) is 3. The molecule has 2 N–H and O–H groups in total. The Kier molecular flexibility index (Phi) is 2.47. The van der Waals surface area contributed by atoms with Crippen molar-refractivity contribution < 1.29 is 9.59 Å². The van der Waals surface area contributed by atoms with E-state index >= 15 is 0 Å². The monoisotopic (exact) mass is 271 g/mol. The van der Waals surface area contributed by atoms with Crippen molar-refractivity contribution in [1.29, 1.82) is 0 Å². The van der Waals surface area contributed by atoms with Gasteiger partial charge in [0.2, 0.25) is 0 Å². The largest absolute Gasteiger partial charge is 0.398 e. The van der Waals surface area contributed by atoms with Crippen LogP contribution in [0.2, 0.25) is 5.02 Å². The molecule has 3 rings (SSSR count). The molecule has 1 aliphatic rings. The van der Waals surface area contributed by atoms with E-state index in [9.17, 15) is 9.59 Å². The van der Waals surface area contributed by atoms with Crippen molar-refractivity contribution in [3.05, 3.63) is 63.2 Å². The van der Waals surface area contributed by atoms with Gasteiger partial charge in [0, 0.05) is 16.8 Å². The van der Waals surface area contributed by atoms with Gasteiger partial charge in [-0.2, -0.15) is 0 Å². The Bertz CT molecular complexity index is 750. The minimum Gasteiger partial charge on any atom is -0.398 e. The maximum Gasteiger partial charge on any atom is 0.196 e. The number of carbonyl (C=O) groups excluding carboxylic acids is 2. The fourth-order valence-corrected chi connectivity index (χ4v) is 2.63. The Labute approximate surface area is 115 Å². The van der Waals surface area contributed by atoms with Crippen LogP contribution in [0.15, 0.2) is 30.3 Å². The number of aryl methyl sites for hydroxylation is 1. The Morgan fingerprint density at radius 3 is 2.32 bits per heavy atom. The number of benzene rings is 2. The van der Waals surface area contributed by atoms with Crippen molar-refractivity contribution in [2.45, 2.75) is 6.92 Å². The van der Waals surface area contributed by atoms with Gasteiger partial charge in [-0.3, -0.25) is 9.59 Å². The summed E-state index contributed by atoms with van der Waals surface area (Å²) < 4.78 is 0. The van der Waals surface area contributed by atoms with Crippen molar-refractivity contribution in [1.82, 2.24) is 0 Å². The molecule has 0 atom stereocenters. The summed E-state index contributed by atoms with van der Waals surface area (Å²) in [6, 6.07) is 8.23. The Morgan fingerprint density at radius 1 is 0.947 bits per heavy atom. The minimum atomic E-state index is -0.248. The first-order valence-electron chi connectivity index (χ1n) is 5.79. The van der Waals surface area contributed by atoms with Crippen LogP contribution in [0, 0.1) is 6.92 Å². The number of rotatable bonds is 0. The molecule has 0 radical (unpaired) electrons. The molecule has 1 aliphatic carbocycles. The minimum absolute atomic E-state index is 0.242. The van der Waals surface area contributed by atoms with Crippen LogP contribution in [0.4, 0.5) is 5.69 Å². The van der Waals surface area contributed by atoms with E-state index in [1.807, 2.05) is 0 Å². The highest BCUT2D eigenvalue weighted by Gasteiger charge is 2.33. The van der Waals surface area contributed by atoms with Gasteiger partial charge in [-0.05, 0) is 24.6 Å². The number of carbonyl (C=O) groups is 2. The molecule has 3 nitrogen and oxygen atoms in total. The maximum atomic E-state index is 12.5. The summed E-state index contributed by atoms with van der Waals surface area (Å²) in [5.74, 6) is -0.491. The molecule has 0 aliphatic heterocycles. The number of nitrogen functional groups attached to an aromatic ring is 1. The second kappa shape index (κ2) is 3.93. The lowest BCUT2D eigenvalue weighted by molar-refractivity contribution is 0.0980. The first-order chi connectivity index (χ1) is 9.02. The second-order valence-corrected chi connectivity index (χ2v) is 4.95. The number of ketones is 2. The van der Waals surface area contributed by atoms with E-state index in [1.165, 1.54) is 0 Å². The van der Waals surface area contributed by atoms with Gasteiger partial charge in [0.15, 0.2) is 11.6 Å². The second-order valence-electron chi connectivity index (χ2n) is 4.54. The lowest BCUT2D eigenvalue weighted by Crippen LogP contribution is -2.23. The third kappa shape index (κ3) is 1.52. The van der Waals surface area contributed by atoms with Gasteiger partial charge in [-0.15, -0.1) is 0 Å². The molecule has 4 heteroatoms. The van der Waals surface area contributed by atoms with Gasteiger partial charge in [0.05, 0.1) is 16.1 Å². The van der Waals surface area contributed by atoms with Crippen LogP contribution in [0.1, 0.15) is 37.4 Å². The fraction of sp³-hybridized carbons (Fsp3) is 0.0667. The average Bonchev–Trinajstić information content (AvgIpc) is 2.39. The Balaban J connectivity index is 2.40. The standard InChI is InChI=1S/C15H10ClNO2/c1-7-5-6-9-12(13(7)17)15(19)8-3-2-4-10(16)11(8)14(9)18/h2-6H,17H2,1H3. The molecule has 0 fully saturated rings. The molecule has 2 aromatic carbocycles. The van der Waals surface area contributed by atoms with Crippen LogP contribution in [-0.2, 0) is 0 Å². The maximum absolute atomic E-state index is 12.5.